The second-order valence-corrected chi connectivity index (χ2v) is 5.11. The molecule has 1 heteroatoms. The molecule has 0 aromatic heterocycles. The predicted octanol–water partition coefficient (Wildman–Crippen LogP) is 4.40. The lowest BCUT2D eigenvalue weighted by Crippen LogP contribution is -2.14. The summed E-state index contributed by atoms with van der Waals surface area (Å²) in [7, 11) is 0. The summed E-state index contributed by atoms with van der Waals surface area (Å²) < 4.78 is 0. The number of hydrogen-bond acceptors (Lipinski definition) is 1. The number of hydrogen-bond donors (Lipinski definition) is 0. The number of carbonyl (C=O) groups is 1. The fourth-order valence-corrected chi connectivity index (χ4v) is 2.72. The summed E-state index contributed by atoms with van der Waals surface area (Å²) in [4.78, 5) is 12.4. The van der Waals surface area contributed by atoms with Crippen LogP contribution >= 0.6 is 0 Å². The number of benzene rings is 1. The van der Waals surface area contributed by atoms with E-state index in [1.165, 1.54) is 31.2 Å². The molecule has 1 fully saturated rings. The van der Waals surface area contributed by atoms with Crippen LogP contribution in [-0.4, -0.2) is 5.78 Å². The van der Waals surface area contributed by atoms with Crippen LogP contribution < -0.4 is 0 Å². The third kappa shape index (κ3) is 3.18. The van der Waals surface area contributed by atoms with E-state index in [0.29, 0.717) is 5.78 Å². The van der Waals surface area contributed by atoms with E-state index in [2.05, 4.69) is 19.1 Å². The molecule has 0 unspecified atom stereocenters. The lowest BCUT2D eigenvalue weighted by atomic mass is 9.90. The van der Waals surface area contributed by atoms with E-state index in [1.54, 1.807) is 0 Å². The molecule has 1 aliphatic carbocycles. The van der Waals surface area contributed by atoms with Gasteiger partial charge >= 0.3 is 0 Å². The number of Topliss-reactive ketones (excluding diaryl/α,β-unsaturated/α-hetero) is 1. The highest BCUT2D eigenvalue weighted by molar-refractivity contribution is 5.98. The molecule has 2 rings (SSSR count). The Labute approximate surface area is 104 Å². The average Bonchev–Trinajstić information content (AvgIpc) is 2.67. The summed E-state index contributed by atoms with van der Waals surface area (Å²) in [6.07, 6.45) is 8.25. The molecular weight excluding hydrogens is 208 g/mol. The first kappa shape index (κ1) is 12.3. The van der Waals surface area contributed by atoms with E-state index in [0.717, 1.165) is 24.8 Å². The Kier molecular flexibility index (Phi) is 4.36. The van der Waals surface area contributed by atoms with Crippen molar-refractivity contribution < 1.29 is 4.79 Å². The van der Waals surface area contributed by atoms with Crippen LogP contribution in [0.4, 0.5) is 0 Å². The van der Waals surface area contributed by atoms with Crippen LogP contribution in [0.1, 0.15) is 61.4 Å². The molecule has 0 aliphatic heterocycles. The summed E-state index contributed by atoms with van der Waals surface area (Å²) in [5, 5.41) is 0. The molecule has 1 saturated carbocycles. The van der Waals surface area contributed by atoms with Gasteiger partial charge in [-0.1, -0.05) is 50.8 Å². The van der Waals surface area contributed by atoms with E-state index in [4.69, 9.17) is 0 Å². The second kappa shape index (κ2) is 6.00. The third-order valence-corrected chi connectivity index (χ3v) is 3.85. The normalized spacial score (nSPS) is 17.7. The molecule has 0 radical (unpaired) electrons. The maximum absolute atomic E-state index is 12.4. The van der Waals surface area contributed by atoms with Gasteiger partial charge in [-0.25, -0.2) is 0 Å². The van der Waals surface area contributed by atoms with Crippen molar-refractivity contribution in [2.24, 2.45) is 5.92 Å². The Morgan fingerprint density at radius 3 is 2.53 bits per heavy atom. The first-order valence-electron chi connectivity index (χ1n) is 6.94. The number of carbonyl (C=O) groups excluding carboxylic acids is 1. The molecule has 0 spiro atoms. The molecule has 1 aliphatic rings. The van der Waals surface area contributed by atoms with E-state index < -0.39 is 0 Å². The lowest BCUT2D eigenvalue weighted by molar-refractivity contribution is 0.0908. The number of aryl methyl sites for hydroxylation is 1. The molecule has 1 aromatic carbocycles. The Balaban J connectivity index is 2.11. The number of rotatable bonds is 3. The fourth-order valence-electron chi connectivity index (χ4n) is 2.72. The zero-order chi connectivity index (χ0) is 12.1. The van der Waals surface area contributed by atoms with E-state index in [9.17, 15) is 4.79 Å². The van der Waals surface area contributed by atoms with E-state index in [1.807, 2.05) is 12.1 Å². The molecule has 0 N–H and O–H groups in total. The maximum atomic E-state index is 12.4. The molecule has 0 heterocycles. The summed E-state index contributed by atoms with van der Waals surface area (Å²) in [6, 6.07) is 8.17. The fraction of sp³-hybridized carbons (Fsp3) is 0.562. The highest BCUT2D eigenvalue weighted by atomic mass is 16.1. The van der Waals surface area contributed by atoms with Crippen molar-refractivity contribution in [1.82, 2.24) is 0 Å². The molecule has 0 saturated heterocycles. The summed E-state index contributed by atoms with van der Waals surface area (Å²) in [5.74, 6) is 0.659. The topological polar surface area (TPSA) is 17.1 Å². The summed E-state index contributed by atoms with van der Waals surface area (Å²) in [5.41, 5.74) is 2.20. The van der Waals surface area contributed by atoms with Gasteiger partial charge in [0.15, 0.2) is 5.78 Å². The Morgan fingerprint density at radius 1 is 1.18 bits per heavy atom. The Hall–Kier alpha value is -1.11. The quantitative estimate of drug-likeness (QED) is 0.555. The van der Waals surface area contributed by atoms with Crippen LogP contribution in [-0.2, 0) is 6.42 Å². The minimum Gasteiger partial charge on any atom is -0.294 e. The second-order valence-electron chi connectivity index (χ2n) is 5.11. The van der Waals surface area contributed by atoms with Gasteiger partial charge in [-0.2, -0.15) is 0 Å². The van der Waals surface area contributed by atoms with E-state index in [-0.39, 0.29) is 5.92 Å². The molecule has 1 nitrogen and oxygen atoms in total. The molecule has 92 valence electrons. The third-order valence-electron chi connectivity index (χ3n) is 3.85. The van der Waals surface area contributed by atoms with Crippen LogP contribution in [0.3, 0.4) is 0 Å². The van der Waals surface area contributed by atoms with Crippen molar-refractivity contribution in [3.05, 3.63) is 35.4 Å². The minimum atomic E-state index is 0.282. The van der Waals surface area contributed by atoms with Gasteiger partial charge in [0.2, 0.25) is 0 Å². The van der Waals surface area contributed by atoms with Gasteiger partial charge in [-0.15, -0.1) is 0 Å². The first-order valence-corrected chi connectivity index (χ1v) is 6.94. The van der Waals surface area contributed by atoms with Crippen molar-refractivity contribution in [3.63, 3.8) is 0 Å². The Morgan fingerprint density at radius 2 is 1.88 bits per heavy atom. The van der Waals surface area contributed by atoms with Gasteiger partial charge in [0.25, 0.3) is 0 Å². The van der Waals surface area contributed by atoms with Gasteiger partial charge in [0.1, 0.15) is 0 Å². The van der Waals surface area contributed by atoms with Gasteiger partial charge in [-0.3, -0.25) is 4.79 Å². The molecule has 0 atom stereocenters. The van der Waals surface area contributed by atoms with Crippen LogP contribution in [0.15, 0.2) is 24.3 Å². The Bertz CT molecular complexity index is 373. The minimum absolute atomic E-state index is 0.282. The monoisotopic (exact) mass is 230 g/mol. The van der Waals surface area contributed by atoms with Crippen molar-refractivity contribution in [2.75, 3.05) is 0 Å². The van der Waals surface area contributed by atoms with Crippen molar-refractivity contribution in [3.8, 4) is 0 Å². The van der Waals surface area contributed by atoms with Crippen LogP contribution in [0.2, 0.25) is 0 Å². The predicted molar refractivity (Wildman–Crippen MR) is 71.3 cm³/mol. The van der Waals surface area contributed by atoms with Crippen molar-refractivity contribution in [2.45, 2.75) is 51.9 Å². The number of ketones is 1. The lowest BCUT2D eigenvalue weighted by Gasteiger charge is -2.13. The van der Waals surface area contributed by atoms with Gasteiger partial charge in [-0.05, 0) is 30.9 Å². The van der Waals surface area contributed by atoms with Gasteiger partial charge < -0.3 is 0 Å². The van der Waals surface area contributed by atoms with Crippen molar-refractivity contribution in [1.29, 1.82) is 0 Å². The van der Waals surface area contributed by atoms with Crippen molar-refractivity contribution >= 4 is 5.78 Å². The SMILES string of the molecule is CCc1cccc(C(=O)C2CCCCCC2)c1. The zero-order valence-electron chi connectivity index (χ0n) is 10.7. The van der Waals surface area contributed by atoms with Crippen LogP contribution in [0, 0.1) is 5.92 Å². The highest BCUT2D eigenvalue weighted by Crippen LogP contribution is 2.26. The molecular formula is C16H22O. The molecule has 1 aromatic rings. The van der Waals surface area contributed by atoms with Gasteiger partial charge in [0, 0.05) is 11.5 Å². The zero-order valence-corrected chi connectivity index (χ0v) is 10.7. The van der Waals surface area contributed by atoms with E-state index >= 15 is 0 Å². The van der Waals surface area contributed by atoms with Crippen LogP contribution in [0.25, 0.3) is 0 Å². The van der Waals surface area contributed by atoms with Crippen LogP contribution in [0.5, 0.6) is 0 Å². The smallest absolute Gasteiger partial charge is 0.165 e. The molecule has 17 heavy (non-hydrogen) atoms. The maximum Gasteiger partial charge on any atom is 0.165 e. The summed E-state index contributed by atoms with van der Waals surface area (Å²) in [6.45, 7) is 2.13. The standard InChI is InChI=1S/C16H22O/c1-2-13-8-7-11-15(12-13)16(17)14-9-5-3-4-6-10-14/h7-8,11-12,14H,2-6,9-10H2,1H3. The largest absolute Gasteiger partial charge is 0.294 e. The molecule has 0 bridgehead atoms. The van der Waals surface area contributed by atoms with Gasteiger partial charge in [0.05, 0.1) is 0 Å². The summed E-state index contributed by atoms with van der Waals surface area (Å²) >= 11 is 0. The highest BCUT2D eigenvalue weighted by Gasteiger charge is 2.21. The first-order chi connectivity index (χ1) is 8.31. The average molecular weight is 230 g/mol. The molecule has 0 amide bonds.